The predicted molar refractivity (Wildman–Crippen MR) is 162 cm³/mol. The van der Waals surface area contributed by atoms with E-state index in [-0.39, 0.29) is 0 Å². The molecule has 198 valence electrons. The van der Waals surface area contributed by atoms with Crippen molar-refractivity contribution < 1.29 is 0 Å². The maximum absolute atomic E-state index is 6.38. The molecule has 37 heavy (non-hydrogen) atoms. The van der Waals surface area contributed by atoms with Crippen molar-refractivity contribution in [2.24, 2.45) is 0 Å². The van der Waals surface area contributed by atoms with E-state index in [0.29, 0.717) is 0 Å². The molecule has 4 nitrogen and oxygen atoms in total. The Morgan fingerprint density at radius 2 is 1.78 bits per heavy atom. The summed E-state index contributed by atoms with van der Waals surface area (Å²) in [6, 6.07) is 19.1. The second-order valence-corrected chi connectivity index (χ2v) is 11.4. The highest BCUT2D eigenvalue weighted by Crippen LogP contribution is 2.23. The van der Waals surface area contributed by atoms with Crippen LogP contribution in [-0.2, 0) is 13.1 Å². The number of hydrogen-bond acceptors (Lipinski definition) is 2. The minimum absolute atomic E-state index is 0.721. The fourth-order valence-corrected chi connectivity index (χ4v) is 5.65. The van der Waals surface area contributed by atoms with Gasteiger partial charge in [-0.15, -0.1) is 0 Å². The number of rotatable bonds is 10. The number of anilines is 1. The molecule has 0 bridgehead atoms. The largest absolute Gasteiger partial charge is 0.345 e. The van der Waals surface area contributed by atoms with Gasteiger partial charge in [0.2, 0.25) is 0 Å². The van der Waals surface area contributed by atoms with Gasteiger partial charge in [0, 0.05) is 46.8 Å². The minimum Gasteiger partial charge on any atom is -0.345 e. The van der Waals surface area contributed by atoms with Crippen molar-refractivity contribution in [1.82, 2.24) is 14.4 Å². The summed E-state index contributed by atoms with van der Waals surface area (Å²) in [5, 5.41) is 5.66. The monoisotopic (exact) mass is 556 g/mol. The maximum Gasteiger partial charge on any atom is 0.173 e. The lowest BCUT2D eigenvalue weighted by Crippen LogP contribution is -2.39. The van der Waals surface area contributed by atoms with E-state index < -0.39 is 0 Å². The molecule has 1 fully saturated rings. The van der Waals surface area contributed by atoms with E-state index in [1.807, 2.05) is 37.3 Å². The minimum atomic E-state index is 0.721. The molecule has 1 N–H and O–H groups in total. The number of nitrogens with zero attached hydrogens (tertiary/aromatic N) is 3. The fourth-order valence-electron chi connectivity index (χ4n) is 5.07. The van der Waals surface area contributed by atoms with Crippen molar-refractivity contribution in [2.45, 2.75) is 64.6 Å². The summed E-state index contributed by atoms with van der Waals surface area (Å²) in [7, 11) is 2.28. The van der Waals surface area contributed by atoms with Crippen LogP contribution < -0.4 is 5.32 Å². The van der Waals surface area contributed by atoms with E-state index in [1.54, 1.807) is 0 Å². The van der Waals surface area contributed by atoms with Gasteiger partial charge in [-0.3, -0.25) is 0 Å². The normalized spacial score (nSPS) is 14.2. The Hall–Kier alpha value is -2.05. The average molecular weight is 558 g/mol. The molecule has 3 aromatic rings. The summed E-state index contributed by atoms with van der Waals surface area (Å²) in [6.07, 6.45) is 9.95. The van der Waals surface area contributed by atoms with Gasteiger partial charge in [-0.1, -0.05) is 60.7 Å². The molecule has 1 heterocycles. The van der Waals surface area contributed by atoms with Gasteiger partial charge in [0.15, 0.2) is 5.11 Å². The molecule has 0 aliphatic heterocycles. The van der Waals surface area contributed by atoms with Gasteiger partial charge in [-0.25, -0.2) is 0 Å². The van der Waals surface area contributed by atoms with Crippen LogP contribution in [-0.4, -0.2) is 45.7 Å². The van der Waals surface area contributed by atoms with Crippen LogP contribution in [0.2, 0.25) is 10.0 Å². The van der Waals surface area contributed by atoms with Crippen molar-refractivity contribution >= 4 is 46.2 Å². The topological polar surface area (TPSA) is 23.4 Å². The molecule has 1 aromatic heterocycles. The summed E-state index contributed by atoms with van der Waals surface area (Å²) in [6.45, 7) is 5.50. The molecule has 1 aliphatic carbocycles. The lowest BCUT2D eigenvalue weighted by Gasteiger charge is -2.32. The van der Waals surface area contributed by atoms with E-state index in [9.17, 15) is 0 Å². The van der Waals surface area contributed by atoms with E-state index in [2.05, 4.69) is 57.2 Å². The molecule has 0 saturated heterocycles. The van der Waals surface area contributed by atoms with Crippen LogP contribution in [0.15, 0.2) is 60.8 Å². The van der Waals surface area contributed by atoms with Crippen LogP contribution in [0.4, 0.5) is 5.69 Å². The van der Waals surface area contributed by atoms with Gasteiger partial charge in [-0.05, 0) is 99.5 Å². The van der Waals surface area contributed by atoms with Crippen molar-refractivity contribution in [3.63, 3.8) is 0 Å². The van der Waals surface area contributed by atoms with E-state index in [4.69, 9.17) is 35.4 Å². The molecule has 0 spiro atoms. The molecule has 7 heteroatoms. The first-order chi connectivity index (χ1) is 17.9. The van der Waals surface area contributed by atoms with E-state index in [1.165, 1.54) is 43.4 Å². The Morgan fingerprint density at radius 1 is 1.03 bits per heavy atom. The summed E-state index contributed by atoms with van der Waals surface area (Å²) in [5.41, 5.74) is 4.42. The van der Waals surface area contributed by atoms with Crippen LogP contribution in [0.3, 0.4) is 0 Å². The Morgan fingerprint density at radius 3 is 2.51 bits per heavy atom. The Kier molecular flexibility index (Phi) is 10.3. The molecule has 0 unspecified atom stereocenters. The van der Waals surface area contributed by atoms with Gasteiger partial charge in [0.05, 0.1) is 6.54 Å². The fraction of sp³-hybridized carbons (Fsp3) is 0.433. The van der Waals surface area contributed by atoms with Crippen LogP contribution >= 0.6 is 35.4 Å². The van der Waals surface area contributed by atoms with Gasteiger partial charge >= 0.3 is 0 Å². The van der Waals surface area contributed by atoms with Gasteiger partial charge in [0.25, 0.3) is 0 Å². The highest BCUT2D eigenvalue weighted by atomic mass is 35.5. The standard InChI is InChI=1S/C30H38Cl2N4S/c1-23-11-16-26(20-29(23)32)33-30(37)36(19-7-17-34(2)27-8-4-3-5-9-27)22-28-10-6-18-35(28)21-24-12-14-25(31)15-13-24/h6,10-16,18,20,27H,3-5,7-9,17,19,21-22H2,1-2H3,(H,33,37). The smallest absolute Gasteiger partial charge is 0.173 e. The third kappa shape index (κ3) is 8.22. The number of nitrogens with one attached hydrogen (secondary N) is 1. The third-order valence-electron chi connectivity index (χ3n) is 7.39. The first-order valence-corrected chi connectivity index (χ1v) is 14.5. The molecule has 0 amide bonds. The van der Waals surface area contributed by atoms with E-state index >= 15 is 0 Å². The van der Waals surface area contributed by atoms with E-state index in [0.717, 1.165) is 65.1 Å². The van der Waals surface area contributed by atoms with Crippen molar-refractivity contribution in [2.75, 3.05) is 25.5 Å². The predicted octanol–water partition coefficient (Wildman–Crippen LogP) is 8.01. The van der Waals surface area contributed by atoms with Gasteiger partial charge in [0.1, 0.15) is 0 Å². The molecule has 0 atom stereocenters. The number of aryl methyl sites for hydroxylation is 1. The lowest BCUT2D eigenvalue weighted by atomic mass is 9.94. The molecule has 1 saturated carbocycles. The Balaban J connectivity index is 1.44. The van der Waals surface area contributed by atoms with Crippen molar-refractivity contribution in [1.29, 1.82) is 0 Å². The van der Waals surface area contributed by atoms with Crippen LogP contribution in [0.1, 0.15) is 55.3 Å². The quantitative estimate of drug-likeness (QED) is 0.255. The summed E-state index contributed by atoms with van der Waals surface area (Å²) < 4.78 is 2.29. The number of halogens is 2. The third-order valence-corrected chi connectivity index (χ3v) is 8.41. The first kappa shape index (κ1) is 28.0. The number of hydrogen-bond donors (Lipinski definition) is 1. The molecular formula is C30H38Cl2N4S. The highest BCUT2D eigenvalue weighted by Gasteiger charge is 2.19. The SMILES string of the molecule is Cc1ccc(NC(=S)N(CCCN(C)C2CCCCC2)Cc2cccn2Cc2ccc(Cl)cc2)cc1Cl. The number of benzene rings is 2. The summed E-state index contributed by atoms with van der Waals surface area (Å²) in [4.78, 5) is 4.84. The summed E-state index contributed by atoms with van der Waals surface area (Å²) >= 11 is 18.4. The second-order valence-electron chi connectivity index (χ2n) is 10.2. The number of aromatic nitrogens is 1. The maximum atomic E-state index is 6.38. The van der Waals surface area contributed by atoms with Crippen LogP contribution in [0.5, 0.6) is 0 Å². The zero-order valence-corrected chi connectivity index (χ0v) is 24.3. The zero-order chi connectivity index (χ0) is 26.2. The van der Waals surface area contributed by atoms with Crippen molar-refractivity contribution in [3.05, 3.63) is 87.7 Å². The zero-order valence-electron chi connectivity index (χ0n) is 21.9. The lowest BCUT2D eigenvalue weighted by molar-refractivity contribution is 0.185. The van der Waals surface area contributed by atoms with Gasteiger partial charge in [-0.2, -0.15) is 0 Å². The van der Waals surface area contributed by atoms with Gasteiger partial charge < -0.3 is 19.7 Å². The Bertz CT molecular complexity index is 1150. The summed E-state index contributed by atoms with van der Waals surface area (Å²) in [5.74, 6) is 0. The second kappa shape index (κ2) is 13.7. The molecule has 4 rings (SSSR count). The molecular weight excluding hydrogens is 519 g/mol. The first-order valence-electron chi connectivity index (χ1n) is 13.3. The van der Waals surface area contributed by atoms with Crippen molar-refractivity contribution in [3.8, 4) is 0 Å². The van der Waals surface area contributed by atoms with Crippen LogP contribution in [0.25, 0.3) is 0 Å². The average Bonchev–Trinajstić information content (AvgIpc) is 3.33. The molecule has 0 radical (unpaired) electrons. The molecule has 1 aliphatic rings. The molecule has 2 aromatic carbocycles. The Labute approximate surface area is 237 Å². The highest BCUT2D eigenvalue weighted by molar-refractivity contribution is 7.80. The van der Waals surface area contributed by atoms with Crippen LogP contribution in [0, 0.1) is 6.92 Å². The number of thiocarbonyl (C=S) groups is 1.